The van der Waals surface area contributed by atoms with Crippen LogP contribution in [0.1, 0.15) is 22.3 Å². The van der Waals surface area contributed by atoms with E-state index in [1.165, 1.54) is 71.4 Å². The van der Waals surface area contributed by atoms with Crippen LogP contribution in [-0.2, 0) is 5.41 Å². The van der Waals surface area contributed by atoms with Crippen LogP contribution < -0.4 is 0 Å². The molecule has 2 aromatic heterocycles. The van der Waals surface area contributed by atoms with Crippen LogP contribution in [0, 0.1) is 11.8 Å². The Bertz CT molecular complexity index is 3100. The first-order valence-corrected chi connectivity index (χ1v) is 18.2. The molecule has 10 aromatic rings. The summed E-state index contributed by atoms with van der Waals surface area (Å²) < 4.78 is 4.87. The summed E-state index contributed by atoms with van der Waals surface area (Å²) in [6.07, 6.45) is 0. The van der Waals surface area contributed by atoms with Crippen molar-refractivity contribution >= 4 is 43.6 Å². The highest BCUT2D eigenvalue weighted by atomic mass is 15.0. The van der Waals surface area contributed by atoms with Crippen LogP contribution in [0.25, 0.3) is 66.1 Å². The third-order valence-corrected chi connectivity index (χ3v) is 11.1. The van der Waals surface area contributed by atoms with E-state index in [1.807, 2.05) is 6.07 Å². The smallest absolute Gasteiger partial charge is 0.108 e. The van der Waals surface area contributed by atoms with E-state index >= 15 is 0 Å². The largest absolute Gasteiger partial charge is 0.309 e. The highest BCUT2D eigenvalue weighted by Gasteiger charge is 2.44. The molecule has 1 aliphatic rings. The van der Waals surface area contributed by atoms with Gasteiger partial charge in [-0.1, -0.05) is 145 Å². The lowest BCUT2D eigenvalue weighted by Crippen LogP contribution is -2.25. The molecule has 2 nitrogen and oxygen atoms in total. The Hall–Kier alpha value is -7.08. The molecule has 0 spiro atoms. The van der Waals surface area contributed by atoms with Gasteiger partial charge in [0.15, 0.2) is 0 Å². The van der Waals surface area contributed by atoms with E-state index < -0.39 is 5.41 Å². The summed E-state index contributed by atoms with van der Waals surface area (Å²) >= 11 is 0. The van der Waals surface area contributed by atoms with Crippen LogP contribution in [0.3, 0.4) is 0 Å². The van der Waals surface area contributed by atoms with E-state index in [4.69, 9.17) is 0 Å². The third-order valence-electron chi connectivity index (χ3n) is 11.1. The van der Waals surface area contributed by atoms with Gasteiger partial charge in [0, 0.05) is 38.5 Å². The van der Waals surface area contributed by atoms with Crippen LogP contribution in [0.2, 0.25) is 0 Å². The van der Waals surface area contributed by atoms with Gasteiger partial charge in [-0.2, -0.15) is 0 Å². The molecule has 246 valence electrons. The Morgan fingerprint density at radius 1 is 0.358 bits per heavy atom. The Labute approximate surface area is 307 Å². The molecule has 0 radical (unpaired) electrons. The van der Waals surface area contributed by atoms with Crippen molar-refractivity contribution in [3.63, 3.8) is 0 Å². The van der Waals surface area contributed by atoms with Crippen LogP contribution in [0.5, 0.6) is 0 Å². The highest BCUT2D eigenvalue weighted by Crippen LogP contribution is 2.53. The summed E-state index contributed by atoms with van der Waals surface area (Å²) in [5.41, 5.74) is 13.5. The normalized spacial score (nSPS) is 14.7. The molecule has 11 rings (SSSR count). The minimum Gasteiger partial charge on any atom is -0.309 e. The molecular formula is C51H32N2. The SMILES string of the molecule is C(#CC1(c2ccccc2)c2ccccc2-c2ccc(-n3c4ccccc4c4cc5c(cc43)c3ccccc3n5-c3ccccc3)cc21)c1ccccc1. The summed E-state index contributed by atoms with van der Waals surface area (Å²) in [4.78, 5) is 0. The predicted octanol–water partition coefficient (Wildman–Crippen LogP) is 12.2. The van der Waals surface area contributed by atoms with E-state index in [1.54, 1.807) is 0 Å². The average Bonchev–Trinajstić information content (AvgIpc) is 3.83. The zero-order chi connectivity index (χ0) is 34.9. The number of rotatable bonds is 3. The Morgan fingerprint density at radius 2 is 0.887 bits per heavy atom. The van der Waals surface area contributed by atoms with Crippen molar-refractivity contribution in [1.82, 2.24) is 9.13 Å². The van der Waals surface area contributed by atoms with Gasteiger partial charge in [-0.3, -0.25) is 0 Å². The number of hydrogen-bond acceptors (Lipinski definition) is 0. The number of para-hydroxylation sites is 3. The maximum absolute atomic E-state index is 3.89. The number of fused-ring (bicyclic) bond motifs is 9. The van der Waals surface area contributed by atoms with Crippen LogP contribution in [0.15, 0.2) is 194 Å². The fourth-order valence-electron chi connectivity index (χ4n) is 8.86. The Kier molecular flexibility index (Phi) is 6.41. The first kappa shape index (κ1) is 29.6. The molecule has 0 saturated heterocycles. The minimum atomic E-state index is -0.659. The van der Waals surface area contributed by atoms with E-state index in [-0.39, 0.29) is 0 Å². The molecule has 8 aromatic carbocycles. The van der Waals surface area contributed by atoms with Crippen LogP contribution in [0.4, 0.5) is 0 Å². The first-order valence-electron chi connectivity index (χ1n) is 18.2. The fraction of sp³-hybridized carbons (Fsp3) is 0.0196. The molecule has 1 unspecified atom stereocenters. The van der Waals surface area contributed by atoms with Gasteiger partial charge in [0.05, 0.1) is 22.1 Å². The Morgan fingerprint density at radius 3 is 1.57 bits per heavy atom. The van der Waals surface area contributed by atoms with Gasteiger partial charge in [-0.15, -0.1) is 0 Å². The third kappa shape index (κ3) is 4.29. The summed E-state index contributed by atoms with van der Waals surface area (Å²) in [5, 5.41) is 4.95. The number of aromatic nitrogens is 2. The molecule has 0 fully saturated rings. The van der Waals surface area contributed by atoms with Gasteiger partial charge in [0.1, 0.15) is 5.41 Å². The number of benzene rings is 8. The Balaban J connectivity index is 1.22. The molecule has 0 saturated carbocycles. The zero-order valence-corrected chi connectivity index (χ0v) is 28.9. The summed E-state index contributed by atoms with van der Waals surface area (Å²) in [5.74, 6) is 7.50. The maximum atomic E-state index is 3.89. The molecule has 0 bridgehead atoms. The summed E-state index contributed by atoms with van der Waals surface area (Å²) in [7, 11) is 0. The van der Waals surface area contributed by atoms with Gasteiger partial charge < -0.3 is 9.13 Å². The van der Waals surface area contributed by atoms with Gasteiger partial charge in [0.2, 0.25) is 0 Å². The van der Waals surface area contributed by atoms with Crippen molar-refractivity contribution in [2.45, 2.75) is 5.41 Å². The zero-order valence-electron chi connectivity index (χ0n) is 28.9. The molecule has 0 amide bonds. The molecule has 1 aliphatic carbocycles. The second-order valence-electron chi connectivity index (χ2n) is 13.9. The molecular weight excluding hydrogens is 641 g/mol. The van der Waals surface area contributed by atoms with Crippen molar-refractivity contribution in [1.29, 1.82) is 0 Å². The van der Waals surface area contributed by atoms with Crippen LogP contribution in [-0.4, -0.2) is 9.13 Å². The average molecular weight is 673 g/mol. The highest BCUT2D eigenvalue weighted by molar-refractivity contribution is 6.19. The lowest BCUT2D eigenvalue weighted by Gasteiger charge is -2.28. The quantitative estimate of drug-likeness (QED) is 0.165. The van der Waals surface area contributed by atoms with Crippen molar-refractivity contribution < 1.29 is 0 Å². The van der Waals surface area contributed by atoms with Crippen molar-refractivity contribution in [3.8, 4) is 34.3 Å². The second-order valence-corrected chi connectivity index (χ2v) is 13.9. The molecule has 0 N–H and O–H groups in total. The van der Waals surface area contributed by atoms with Gasteiger partial charge in [-0.05, 0) is 88.5 Å². The fourth-order valence-corrected chi connectivity index (χ4v) is 8.86. The molecule has 2 heterocycles. The number of hydrogen-bond donors (Lipinski definition) is 0. The van der Waals surface area contributed by atoms with Gasteiger partial charge >= 0.3 is 0 Å². The minimum absolute atomic E-state index is 0.659. The standard InChI is InChI=1S/C51H32N2/c1-4-16-35(17-5-1)30-31-51(36-18-6-2-7-19-36)45-25-13-10-22-39(45)40-29-28-38(32-46(40)51)53-48-27-15-12-24-42(48)44-33-49-43(34-50(44)53)41-23-11-14-26-47(41)52(49)37-20-8-3-9-21-37/h1-29,32-34H. The van der Waals surface area contributed by atoms with Crippen molar-refractivity contribution in [2.24, 2.45) is 0 Å². The monoisotopic (exact) mass is 672 g/mol. The number of nitrogens with zero attached hydrogens (tertiary/aromatic N) is 2. The van der Waals surface area contributed by atoms with Crippen molar-refractivity contribution in [2.75, 3.05) is 0 Å². The lowest BCUT2D eigenvalue weighted by atomic mass is 9.73. The summed E-state index contributed by atoms with van der Waals surface area (Å²) in [6, 6.07) is 70.1. The molecule has 0 aliphatic heterocycles. The van der Waals surface area contributed by atoms with Gasteiger partial charge in [0.25, 0.3) is 0 Å². The van der Waals surface area contributed by atoms with Crippen molar-refractivity contribution in [3.05, 3.63) is 216 Å². The predicted molar refractivity (Wildman–Crippen MR) is 220 cm³/mol. The first-order chi connectivity index (χ1) is 26.3. The van der Waals surface area contributed by atoms with Gasteiger partial charge in [-0.25, -0.2) is 0 Å². The molecule has 1 atom stereocenters. The topological polar surface area (TPSA) is 9.86 Å². The maximum Gasteiger partial charge on any atom is 0.108 e. The lowest BCUT2D eigenvalue weighted by molar-refractivity contribution is 0.835. The van der Waals surface area contributed by atoms with E-state index in [0.29, 0.717) is 0 Å². The summed E-state index contributed by atoms with van der Waals surface area (Å²) in [6.45, 7) is 0. The van der Waals surface area contributed by atoms with E-state index in [0.717, 1.165) is 16.9 Å². The second kappa shape index (κ2) is 11.5. The van der Waals surface area contributed by atoms with Crippen LogP contribution >= 0.6 is 0 Å². The van der Waals surface area contributed by atoms with E-state index in [9.17, 15) is 0 Å². The molecule has 53 heavy (non-hydrogen) atoms. The van der Waals surface area contributed by atoms with E-state index in [2.05, 4.69) is 209 Å². The molecule has 2 heteroatoms.